The first kappa shape index (κ1) is 14.8. The van der Waals surface area contributed by atoms with E-state index in [0.717, 1.165) is 19.3 Å². The van der Waals surface area contributed by atoms with Gasteiger partial charge in [0.05, 0.1) is 0 Å². The minimum atomic E-state index is -0.949. The number of carboxylic acid groups (broad SMARTS) is 1. The van der Waals surface area contributed by atoms with E-state index in [0.29, 0.717) is 19.5 Å². The van der Waals surface area contributed by atoms with Gasteiger partial charge in [0.15, 0.2) is 0 Å². The van der Waals surface area contributed by atoms with E-state index in [4.69, 9.17) is 5.11 Å². The van der Waals surface area contributed by atoms with Crippen molar-refractivity contribution < 1.29 is 14.7 Å². The highest BCUT2D eigenvalue weighted by molar-refractivity contribution is 5.82. The summed E-state index contributed by atoms with van der Waals surface area (Å²) >= 11 is 0. The van der Waals surface area contributed by atoms with Crippen molar-refractivity contribution in [2.75, 3.05) is 13.1 Å². The number of carboxylic acids is 1. The number of amides is 2. The Labute approximate surface area is 109 Å². The molecule has 0 aromatic rings. The van der Waals surface area contributed by atoms with E-state index >= 15 is 0 Å². The summed E-state index contributed by atoms with van der Waals surface area (Å²) in [6, 6.07) is -1.01. The number of nitrogens with one attached hydrogen (secondary N) is 1. The molecule has 5 heteroatoms. The summed E-state index contributed by atoms with van der Waals surface area (Å²) < 4.78 is 0. The van der Waals surface area contributed by atoms with Crippen LogP contribution in [0.25, 0.3) is 0 Å². The zero-order valence-electron chi connectivity index (χ0n) is 11.5. The number of carbonyl (C=O) groups is 2. The zero-order valence-corrected chi connectivity index (χ0v) is 11.5. The number of likely N-dealkylation sites (tertiary alicyclic amines) is 1. The molecule has 2 amide bonds. The van der Waals surface area contributed by atoms with E-state index in [2.05, 4.69) is 19.2 Å². The monoisotopic (exact) mass is 256 g/mol. The predicted molar refractivity (Wildman–Crippen MR) is 69.5 cm³/mol. The number of carbonyl (C=O) groups excluding carboxylic acids is 1. The van der Waals surface area contributed by atoms with Crippen LogP contribution in [0, 0.1) is 5.41 Å². The Bertz CT molecular complexity index is 315. The van der Waals surface area contributed by atoms with Gasteiger partial charge in [0.1, 0.15) is 6.04 Å². The Hall–Kier alpha value is -1.26. The lowest BCUT2D eigenvalue weighted by Crippen LogP contribution is -2.47. The van der Waals surface area contributed by atoms with Crippen LogP contribution in [-0.4, -0.2) is 41.1 Å². The summed E-state index contributed by atoms with van der Waals surface area (Å²) in [5.41, 5.74) is 0.138. The fourth-order valence-corrected chi connectivity index (χ4v) is 2.19. The maximum atomic E-state index is 12.0. The predicted octanol–water partition coefficient (Wildman–Crippen LogP) is 2.07. The van der Waals surface area contributed by atoms with Gasteiger partial charge in [0.25, 0.3) is 0 Å². The van der Waals surface area contributed by atoms with Crippen molar-refractivity contribution in [2.45, 2.75) is 52.5 Å². The molecule has 5 nitrogen and oxygen atoms in total. The van der Waals surface area contributed by atoms with Crippen LogP contribution in [0.1, 0.15) is 46.5 Å². The summed E-state index contributed by atoms with van der Waals surface area (Å²) in [4.78, 5) is 24.7. The van der Waals surface area contributed by atoms with Gasteiger partial charge in [-0.2, -0.15) is 0 Å². The zero-order chi connectivity index (χ0) is 13.8. The highest BCUT2D eigenvalue weighted by Gasteiger charge is 2.33. The van der Waals surface area contributed by atoms with Crippen LogP contribution >= 0.6 is 0 Å². The van der Waals surface area contributed by atoms with Gasteiger partial charge in [-0.1, -0.05) is 33.6 Å². The molecule has 1 heterocycles. The van der Waals surface area contributed by atoms with Gasteiger partial charge in [0, 0.05) is 13.1 Å². The summed E-state index contributed by atoms with van der Waals surface area (Å²) in [6.07, 6.45) is 3.20. The lowest BCUT2D eigenvalue weighted by atomic mass is 9.93. The first-order chi connectivity index (χ1) is 8.35. The second-order valence-electron chi connectivity index (χ2n) is 5.82. The van der Waals surface area contributed by atoms with E-state index in [-0.39, 0.29) is 11.4 Å². The molecular weight excluding hydrogens is 232 g/mol. The third kappa shape index (κ3) is 4.20. The van der Waals surface area contributed by atoms with E-state index in [1.54, 1.807) is 4.90 Å². The van der Waals surface area contributed by atoms with Gasteiger partial charge < -0.3 is 15.3 Å². The van der Waals surface area contributed by atoms with Crippen molar-refractivity contribution in [1.82, 2.24) is 10.2 Å². The van der Waals surface area contributed by atoms with Gasteiger partial charge in [-0.15, -0.1) is 0 Å². The Balaban J connectivity index is 2.49. The van der Waals surface area contributed by atoms with Crippen molar-refractivity contribution in [3.05, 3.63) is 0 Å². The first-order valence-corrected chi connectivity index (χ1v) is 6.64. The second-order valence-corrected chi connectivity index (χ2v) is 5.82. The minimum Gasteiger partial charge on any atom is -0.480 e. The fourth-order valence-electron chi connectivity index (χ4n) is 2.19. The number of urea groups is 1. The Kier molecular flexibility index (Phi) is 4.99. The van der Waals surface area contributed by atoms with Crippen LogP contribution in [0.3, 0.4) is 0 Å². The molecule has 2 N–H and O–H groups in total. The van der Waals surface area contributed by atoms with Crippen molar-refractivity contribution in [3.8, 4) is 0 Å². The quantitative estimate of drug-likeness (QED) is 0.791. The molecule has 104 valence electrons. The molecule has 0 aromatic heterocycles. The lowest BCUT2D eigenvalue weighted by Gasteiger charge is -2.22. The van der Waals surface area contributed by atoms with Gasteiger partial charge in [-0.3, -0.25) is 0 Å². The fraction of sp³-hybridized carbons (Fsp3) is 0.846. The third-order valence-electron chi connectivity index (χ3n) is 3.41. The van der Waals surface area contributed by atoms with Crippen LogP contribution in [0.4, 0.5) is 4.79 Å². The Morgan fingerprint density at radius 2 is 2.11 bits per heavy atom. The van der Waals surface area contributed by atoms with Crippen LogP contribution in [0.2, 0.25) is 0 Å². The first-order valence-electron chi connectivity index (χ1n) is 6.64. The number of nitrogens with zero attached hydrogens (tertiary/aromatic N) is 1. The van der Waals surface area contributed by atoms with Crippen LogP contribution < -0.4 is 5.32 Å². The van der Waals surface area contributed by atoms with Crippen molar-refractivity contribution in [1.29, 1.82) is 0 Å². The maximum absolute atomic E-state index is 12.0. The van der Waals surface area contributed by atoms with E-state index < -0.39 is 12.0 Å². The van der Waals surface area contributed by atoms with Gasteiger partial charge in [0.2, 0.25) is 0 Å². The van der Waals surface area contributed by atoms with Crippen molar-refractivity contribution in [2.24, 2.45) is 5.41 Å². The maximum Gasteiger partial charge on any atom is 0.326 e. The third-order valence-corrected chi connectivity index (χ3v) is 3.41. The van der Waals surface area contributed by atoms with Gasteiger partial charge in [-0.25, -0.2) is 9.59 Å². The molecule has 1 saturated heterocycles. The molecule has 1 fully saturated rings. The van der Waals surface area contributed by atoms with Gasteiger partial charge in [-0.05, 0) is 18.3 Å². The molecule has 1 aliphatic rings. The second kappa shape index (κ2) is 6.07. The SMILES string of the molecule is CCCCC(NC(=O)N1CCC(C)(C)C1)C(=O)O. The molecule has 0 spiro atoms. The molecule has 1 atom stereocenters. The normalized spacial score (nSPS) is 19.6. The summed E-state index contributed by atoms with van der Waals surface area (Å²) in [7, 11) is 0. The topological polar surface area (TPSA) is 69.6 Å². The molecule has 18 heavy (non-hydrogen) atoms. The molecule has 0 aliphatic carbocycles. The molecule has 0 saturated carbocycles. The molecule has 0 aromatic carbocycles. The minimum absolute atomic E-state index is 0.138. The summed E-state index contributed by atoms with van der Waals surface area (Å²) in [5, 5.41) is 11.7. The summed E-state index contributed by atoms with van der Waals surface area (Å²) in [5.74, 6) is -0.949. The van der Waals surface area contributed by atoms with Gasteiger partial charge >= 0.3 is 12.0 Å². The average Bonchev–Trinajstić information content (AvgIpc) is 2.64. The highest BCUT2D eigenvalue weighted by atomic mass is 16.4. The van der Waals surface area contributed by atoms with E-state index in [1.807, 2.05) is 6.92 Å². The molecule has 0 bridgehead atoms. The Morgan fingerprint density at radius 3 is 2.56 bits per heavy atom. The van der Waals surface area contributed by atoms with E-state index in [9.17, 15) is 9.59 Å². The molecule has 0 radical (unpaired) electrons. The van der Waals surface area contributed by atoms with Crippen molar-refractivity contribution in [3.63, 3.8) is 0 Å². The van der Waals surface area contributed by atoms with Crippen LogP contribution in [0.5, 0.6) is 0 Å². The number of hydrogen-bond acceptors (Lipinski definition) is 2. The Morgan fingerprint density at radius 1 is 1.44 bits per heavy atom. The van der Waals surface area contributed by atoms with Crippen LogP contribution in [-0.2, 0) is 4.79 Å². The molecule has 1 rings (SSSR count). The largest absolute Gasteiger partial charge is 0.480 e. The molecule has 1 aliphatic heterocycles. The number of hydrogen-bond donors (Lipinski definition) is 2. The number of unbranched alkanes of at least 4 members (excludes halogenated alkanes) is 1. The lowest BCUT2D eigenvalue weighted by molar-refractivity contribution is -0.139. The number of rotatable bonds is 5. The molecule has 1 unspecified atom stereocenters. The highest BCUT2D eigenvalue weighted by Crippen LogP contribution is 2.28. The molecular formula is C13H24N2O3. The standard InChI is InChI=1S/C13H24N2O3/c1-4-5-6-10(11(16)17)14-12(18)15-8-7-13(2,3)9-15/h10H,4-9H2,1-3H3,(H,14,18)(H,16,17). The van der Waals surface area contributed by atoms with Crippen LogP contribution in [0.15, 0.2) is 0 Å². The van der Waals surface area contributed by atoms with E-state index in [1.165, 1.54) is 0 Å². The summed E-state index contributed by atoms with van der Waals surface area (Å²) in [6.45, 7) is 7.64. The average molecular weight is 256 g/mol. The van der Waals surface area contributed by atoms with Crippen molar-refractivity contribution >= 4 is 12.0 Å². The number of aliphatic carboxylic acids is 1. The smallest absolute Gasteiger partial charge is 0.326 e.